The van der Waals surface area contributed by atoms with Crippen molar-refractivity contribution in [3.63, 3.8) is 0 Å². The first-order valence-electron chi connectivity index (χ1n) is 3.06. The van der Waals surface area contributed by atoms with E-state index in [-0.39, 0.29) is 0 Å². The molecule has 0 aromatic heterocycles. The molecule has 0 saturated heterocycles. The van der Waals surface area contributed by atoms with Gasteiger partial charge in [-0.05, 0) is 13.8 Å². The molecule has 1 aliphatic rings. The minimum Gasteiger partial charge on any atom is -0.359 e. The lowest BCUT2D eigenvalue weighted by Gasteiger charge is -2.17. The molecule has 0 radical (unpaired) electrons. The Morgan fingerprint density at radius 1 is 1.62 bits per heavy atom. The van der Waals surface area contributed by atoms with Gasteiger partial charge in [0.05, 0.1) is 12.9 Å². The molecule has 0 unspecified atom stereocenters. The SMILES string of the molecule is CC(C)N1C=NCC1. The van der Waals surface area contributed by atoms with Gasteiger partial charge in [0.1, 0.15) is 0 Å². The van der Waals surface area contributed by atoms with E-state index in [0.717, 1.165) is 13.1 Å². The Kier molecular flexibility index (Phi) is 1.51. The van der Waals surface area contributed by atoms with Gasteiger partial charge in [-0.2, -0.15) is 0 Å². The number of nitrogens with zero attached hydrogens (tertiary/aromatic N) is 2. The zero-order chi connectivity index (χ0) is 5.98. The first kappa shape index (κ1) is 5.60. The van der Waals surface area contributed by atoms with Crippen LogP contribution < -0.4 is 0 Å². The minimum atomic E-state index is 0.626. The summed E-state index contributed by atoms with van der Waals surface area (Å²) in [6.07, 6.45) is 1.94. The van der Waals surface area contributed by atoms with Crippen LogP contribution in [0.15, 0.2) is 4.99 Å². The van der Waals surface area contributed by atoms with Crippen molar-refractivity contribution in [2.24, 2.45) is 4.99 Å². The summed E-state index contributed by atoms with van der Waals surface area (Å²) in [6.45, 7) is 6.45. The first-order chi connectivity index (χ1) is 3.80. The third kappa shape index (κ3) is 0.997. The topological polar surface area (TPSA) is 15.6 Å². The average Bonchev–Trinajstić information content (AvgIpc) is 2.12. The van der Waals surface area contributed by atoms with Crippen LogP contribution in [0.5, 0.6) is 0 Å². The Labute approximate surface area is 50.2 Å². The maximum atomic E-state index is 4.09. The lowest BCUT2D eigenvalue weighted by molar-refractivity contribution is 0.390. The van der Waals surface area contributed by atoms with Gasteiger partial charge in [-0.15, -0.1) is 0 Å². The second-order valence-electron chi connectivity index (χ2n) is 2.35. The maximum Gasteiger partial charge on any atom is 0.0853 e. The highest BCUT2D eigenvalue weighted by Crippen LogP contribution is 1.98. The van der Waals surface area contributed by atoms with Gasteiger partial charge >= 0.3 is 0 Å². The third-order valence-corrected chi connectivity index (χ3v) is 1.38. The van der Waals surface area contributed by atoms with Crippen molar-refractivity contribution in [3.05, 3.63) is 0 Å². The quantitative estimate of drug-likeness (QED) is 0.488. The molecule has 0 bridgehead atoms. The van der Waals surface area contributed by atoms with Crippen LogP contribution in [0.3, 0.4) is 0 Å². The second kappa shape index (κ2) is 2.16. The predicted molar refractivity (Wildman–Crippen MR) is 35.2 cm³/mol. The van der Waals surface area contributed by atoms with Crippen molar-refractivity contribution in [1.82, 2.24) is 4.90 Å². The van der Waals surface area contributed by atoms with E-state index in [9.17, 15) is 0 Å². The van der Waals surface area contributed by atoms with Gasteiger partial charge in [-0.1, -0.05) is 0 Å². The maximum absolute atomic E-state index is 4.09. The lowest BCUT2D eigenvalue weighted by Crippen LogP contribution is -2.27. The van der Waals surface area contributed by atoms with E-state index in [2.05, 4.69) is 23.7 Å². The zero-order valence-electron chi connectivity index (χ0n) is 5.46. The standard InChI is InChI=1S/C6H12N2/c1-6(2)8-4-3-7-5-8/h5-6H,3-4H2,1-2H3. The van der Waals surface area contributed by atoms with Crippen molar-refractivity contribution in [1.29, 1.82) is 0 Å². The summed E-state index contributed by atoms with van der Waals surface area (Å²) in [7, 11) is 0. The van der Waals surface area contributed by atoms with Gasteiger partial charge in [0.2, 0.25) is 0 Å². The summed E-state index contributed by atoms with van der Waals surface area (Å²) >= 11 is 0. The van der Waals surface area contributed by atoms with Crippen molar-refractivity contribution >= 4 is 6.34 Å². The number of rotatable bonds is 1. The summed E-state index contributed by atoms with van der Waals surface area (Å²) in [5.74, 6) is 0. The molecule has 0 aromatic rings. The molecule has 0 spiro atoms. The van der Waals surface area contributed by atoms with E-state index in [1.54, 1.807) is 0 Å². The Bertz CT molecular complexity index is 96.7. The molecule has 2 nitrogen and oxygen atoms in total. The van der Waals surface area contributed by atoms with Crippen LogP contribution in [0, 0.1) is 0 Å². The van der Waals surface area contributed by atoms with E-state index in [1.807, 2.05) is 6.34 Å². The van der Waals surface area contributed by atoms with Crippen molar-refractivity contribution in [2.75, 3.05) is 13.1 Å². The Morgan fingerprint density at radius 3 is 2.62 bits per heavy atom. The molecule has 1 aliphatic heterocycles. The Morgan fingerprint density at radius 2 is 2.38 bits per heavy atom. The zero-order valence-corrected chi connectivity index (χ0v) is 5.46. The minimum absolute atomic E-state index is 0.626. The molecule has 1 rings (SSSR count). The summed E-state index contributed by atoms with van der Waals surface area (Å²) in [5.41, 5.74) is 0. The van der Waals surface area contributed by atoms with E-state index < -0.39 is 0 Å². The van der Waals surface area contributed by atoms with Gasteiger partial charge in [0, 0.05) is 12.6 Å². The van der Waals surface area contributed by atoms with Crippen LogP contribution in [-0.4, -0.2) is 30.4 Å². The summed E-state index contributed by atoms with van der Waals surface area (Å²) in [6, 6.07) is 0.626. The molecular weight excluding hydrogens is 100 g/mol. The fourth-order valence-corrected chi connectivity index (χ4v) is 0.785. The average molecular weight is 112 g/mol. The van der Waals surface area contributed by atoms with Crippen LogP contribution in [0.1, 0.15) is 13.8 Å². The molecule has 0 N–H and O–H groups in total. The van der Waals surface area contributed by atoms with Gasteiger partial charge in [-0.3, -0.25) is 4.99 Å². The fourth-order valence-electron chi connectivity index (χ4n) is 0.785. The molecule has 2 heteroatoms. The Hall–Kier alpha value is -0.530. The molecule has 46 valence electrons. The highest BCUT2D eigenvalue weighted by molar-refractivity contribution is 5.57. The van der Waals surface area contributed by atoms with E-state index in [1.165, 1.54) is 0 Å². The molecule has 0 fully saturated rings. The molecular formula is C6H12N2. The third-order valence-electron chi connectivity index (χ3n) is 1.38. The normalized spacial score (nSPS) is 18.6. The summed E-state index contributed by atoms with van der Waals surface area (Å²) in [5, 5.41) is 0. The largest absolute Gasteiger partial charge is 0.359 e. The molecule has 0 aliphatic carbocycles. The van der Waals surface area contributed by atoms with Crippen LogP contribution in [0.4, 0.5) is 0 Å². The Balaban J connectivity index is 2.36. The van der Waals surface area contributed by atoms with Crippen LogP contribution in [0.2, 0.25) is 0 Å². The molecule has 0 amide bonds. The predicted octanol–water partition coefficient (Wildman–Crippen LogP) is 0.739. The lowest BCUT2D eigenvalue weighted by atomic mass is 10.3. The van der Waals surface area contributed by atoms with Crippen molar-refractivity contribution in [3.8, 4) is 0 Å². The monoisotopic (exact) mass is 112 g/mol. The van der Waals surface area contributed by atoms with Crippen molar-refractivity contribution in [2.45, 2.75) is 19.9 Å². The molecule has 1 heterocycles. The van der Waals surface area contributed by atoms with E-state index in [4.69, 9.17) is 0 Å². The van der Waals surface area contributed by atoms with Gasteiger partial charge < -0.3 is 4.90 Å². The van der Waals surface area contributed by atoms with Crippen molar-refractivity contribution < 1.29 is 0 Å². The van der Waals surface area contributed by atoms with Gasteiger partial charge in [0.15, 0.2) is 0 Å². The summed E-state index contributed by atoms with van der Waals surface area (Å²) < 4.78 is 0. The highest BCUT2D eigenvalue weighted by Gasteiger charge is 2.06. The van der Waals surface area contributed by atoms with Crippen LogP contribution in [-0.2, 0) is 0 Å². The number of hydrogen-bond donors (Lipinski definition) is 0. The van der Waals surface area contributed by atoms with Gasteiger partial charge in [0.25, 0.3) is 0 Å². The highest BCUT2D eigenvalue weighted by atomic mass is 15.2. The fraction of sp³-hybridized carbons (Fsp3) is 0.833. The molecule has 0 aromatic carbocycles. The van der Waals surface area contributed by atoms with Gasteiger partial charge in [-0.25, -0.2) is 0 Å². The molecule has 8 heavy (non-hydrogen) atoms. The molecule has 0 atom stereocenters. The van der Waals surface area contributed by atoms with Crippen LogP contribution in [0.25, 0.3) is 0 Å². The van der Waals surface area contributed by atoms with Crippen LogP contribution >= 0.6 is 0 Å². The van der Waals surface area contributed by atoms with E-state index >= 15 is 0 Å². The van der Waals surface area contributed by atoms with E-state index in [0.29, 0.717) is 6.04 Å². The second-order valence-corrected chi connectivity index (χ2v) is 2.35. The first-order valence-corrected chi connectivity index (χ1v) is 3.06. The number of hydrogen-bond acceptors (Lipinski definition) is 2. The summed E-state index contributed by atoms with van der Waals surface area (Å²) in [4.78, 5) is 6.32. The molecule has 0 saturated carbocycles. The number of aliphatic imine (C=N–C) groups is 1. The smallest absolute Gasteiger partial charge is 0.0853 e.